The van der Waals surface area contributed by atoms with Crippen LogP contribution in [0.15, 0.2) is 40.9 Å². The van der Waals surface area contributed by atoms with Gasteiger partial charge in [-0.3, -0.25) is 0 Å². The fourth-order valence-corrected chi connectivity index (χ4v) is 3.22. The molecule has 0 radical (unpaired) electrons. The molecule has 0 aliphatic carbocycles. The lowest BCUT2D eigenvalue weighted by atomic mass is 9.96. The minimum absolute atomic E-state index is 0.326. The molecule has 0 bridgehead atoms. The highest BCUT2D eigenvalue weighted by Crippen LogP contribution is 2.27. The number of hydrogen-bond donors (Lipinski definition) is 1. The van der Waals surface area contributed by atoms with Gasteiger partial charge < -0.3 is 5.32 Å². The first-order valence-corrected chi connectivity index (χ1v) is 7.80. The Labute approximate surface area is 130 Å². The van der Waals surface area contributed by atoms with Gasteiger partial charge in [-0.1, -0.05) is 46.3 Å². The van der Waals surface area contributed by atoms with E-state index in [-0.39, 0.29) is 0 Å². The van der Waals surface area contributed by atoms with E-state index >= 15 is 0 Å². The van der Waals surface area contributed by atoms with Gasteiger partial charge in [-0.25, -0.2) is 0 Å². The zero-order valence-electron chi connectivity index (χ0n) is 12.6. The second kappa shape index (κ2) is 6.55. The van der Waals surface area contributed by atoms with Gasteiger partial charge in [0.2, 0.25) is 0 Å². The van der Waals surface area contributed by atoms with Crippen molar-refractivity contribution in [2.24, 2.45) is 0 Å². The fourth-order valence-electron chi connectivity index (χ4n) is 2.45. The topological polar surface area (TPSA) is 12.0 Å². The average molecular weight is 332 g/mol. The molecule has 1 atom stereocenters. The Morgan fingerprint density at radius 1 is 1.00 bits per heavy atom. The SMILES string of the molecule is CNC(Cc1ccc(C)c(C)c1)c1ccc(C)cc1Br. The van der Waals surface area contributed by atoms with E-state index in [1.54, 1.807) is 0 Å². The lowest BCUT2D eigenvalue weighted by Crippen LogP contribution is -2.19. The number of aryl methyl sites for hydroxylation is 3. The van der Waals surface area contributed by atoms with Crippen molar-refractivity contribution in [1.29, 1.82) is 0 Å². The molecule has 20 heavy (non-hydrogen) atoms. The summed E-state index contributed by atoms with van der Waals surface area (Å²) in [4.78, 5) is 0. The minimum atomic E-state index is 0.326. The van der Waals surface area contributed by atoms with Gasteiger partial charge in [-0.05, 0) is 68.1 Å². The van der Waals surface area contributed by atoms with Crippen LogP contribution in [0.2, 0.25) is 0 Å². The standard InChI is InChI=1S/C18H22BrN/c1-12-5-8-16(17(19)9-12)18(20-4)11-15-7-6-13(2)14(3)10-15/h5-10,18,20H,11H2,1-4H3. The van der Waals surface area contributed by atoms with E-state index in [9.17, 15) is 0 Å². The summed E-state index contributed by atoms with van der Waals surface area (Å²) in [6, 6.07) is 13.6. The van der Waals surface area contributed by atoms with Crippen LogP contribution < -0.4 is 5.32 Å². The molecule has 2 rings (SSSR count). The third-order valence-corrected chi connectivity index (χ3v) is 4.58. The minimum Gasteiger partial charge on any atom is -0.313 e. The van der Waals surface area contributed by atoms with E-state index in [2.05, 4.69) is 78.4 Å². The van der Waals surface area contributed by atoms with Gasteiger partial charge in [0.05, 0.1) is 0 Å². The molecule has 2 aromatic carbocycles. The highest BCUT2D eigenvalue weighted by atomic mass is 79.9. The summed E-state index contributed by atoms with van der Waals surface area (Å²) in [5.41, 5.74) is 6.68. The van der Waals surface area contributed by atoms with E-state index in [0.717, 1.165) is 6.42 Å². The maximum absolute atomic E-state index is 3.69. The fraction of sp³-hybridized carbons (Fsp3) is 0.333. The van der Waals surface area contributed by atoms with E-state index in [1.807, 2.05) is 7.05 Å². The van der Waals surface area contributed by atoms with Gasteiger partial charge in [-0.15, -0.1) is 0 Å². The molecule has 0 spiro atoms. The van der Waals surface area contributed by atoms with Crippen LogP contribution in [-0.2, 0) is 6.42 Å². The predicted octanol–water partition coefficient (Wildman–Crippen LogP) is 4.88. The highest BCUT2D eigenvalue weighted by molar-refractivity contribution is 9.10. The van der Waals surface area contributed by atoms with E-state index in [1.165, 1.54) is 32.3 Å². The first-order chi connectivity index (χ1) is 9.51. The van der Waals surface area contributed by atoms with E-state index in [0.29, 0.717) is 6.04 Å². The lowest BCUT2D eigenvalue weighted by molar-refractivity contribution is 0.589. The molecule has 1 nitrogen and oxygen atoms in total. The van der Waals surface area contributed by atoms with Crippen molar-refractivity contribution in [2.45, 2.75) is 33.2 Å². The highest BCUT2D eigenvalue weighted by Gasteiger charge is 2.13. The quantitative estimate of drug-likeness (QED) is 0.842. The summed E-state index contributed by atoms with van der Waals surface area (Å²) in [5.74, 6) is 0. The van der Waals surface area contributed by atoms with Crippen molar-refractivity contribution >= 4 is 15.9 Å². The number of likely N-dealkylation sites (N-methyl/N-ethyl adjacent to an activating group) is 1. The molecule has 2 heteroatoms. The Morgan fingerprint density at radius 2 is 1.75 bits per heavy atom. The van der Waals surface area contributed by atoms with Gasteiger partial charge in [0.15, 0.2) is 0 Å². The molecule has 0 saturated heterocycles. The van der Waals surface area contributed by atoms with Gasteiger partial charge in [0.1, 0.15) is 0 Å². The van der Waals surface area contributed by atoms with Crippen molar-refractivity contribution in [2.75, 3.05) is 7.05 Å². The van der Waals surface area contributed by atoms with Crippen LogP contribution in [0.25, 0.3) is 0 Å². The van der Waals surface area contributed by atoms with Gasteiger partial charge in [0, 0.05) is 10.5 Å². The van der Waals surface area contributed by atoms with Crippen molar-refractivity contribution in [1.82, 2.24) is 5.32 Å². The van der Waals surface area contributed by atoms with Crippen molar-refractivity contribution in [3.05, 3.63) is 68.7 Å². The molecular formula is C18H22BrN. The molecule has 0 fully saturated rings. The third kappa shape index (κ3) is 3.50. The summed E-state index contributed by atoms with van der Waals surface area (Å²) in [5, 5.41) is 3.43. The van der Waals surface area contributed by atoms with Crippen molar-refractivity contribution in [3.8, 4) is 0 Å². The Balaban J connectivity index is 2.26. The van der Waals surface area contributed by atoms with Crippen LogP contribution in [0.4, 0.5) is 0 Å². The molecule has 0 heterocycles. The maximum Gasteiger partial charge on any atom is 0.0369 e. The van der Waals surface area contributed by atoms with Gasteiger partial charge >= 0.3 is 0 Å². The zero-order valence-corrected chi connectivity index (χ0v) is 14.2. The number of halogens is 1. The number of rotatable bonds is 4. The van der Waals surface area contributed by atoms with Crippen molar-refractivity contribution in [3.63, 3.8) is 0 Å². The molecule has 2 aromatic rings. The molecule has 1 unspecified atom stereocenters. The Morgan fingerprint density at radius 3 is 2.35 bits per heavy atom. The molecule has 0 aliphatic rings. The summed E-state index contributed by atoms with van der Waals surface area (Å²) in [7, 11) is 2.03. The first kappa shape index (κ1) is 15.3. The van der Waals surface area contributed by atoms with Gasteiger partial charge in [0.25, 0.3) is 0 Å². The largest absolute Gasteiger partial charge is 0.313 e. The van der Waals surface area contributed by atoms with Crippen molar-refractivity contribution < 1.29 is 0 Å². The zero-order chi connectivity index (χ0) is 14.7. The van der Waals surface area contributed by atoms with E-state index in [4.69, 9.17) is 0 Å². The second-order valence-corrected chi connectivity index (χ2v) is 6.34. The van der Waals surface area contributed by atoms with E-state index < -0.39 is 0 Å². The molecule has 106 valence electrons. The van der Waals surface area contributed by atoms with Crippen LogP contribution in [0, 0.1) is 20.8 Å². The average Bonchev–Trinajstić information content (AvgIpc) is 2.41. The Bertz CT molecular complexity index is 604. The summed E-state index contributed by atoms with van der Waals surface area (Å²) < 4.78 is 1.18. The Hall–Kier alpha value is -1.12. The predicted molar refractivity (Wildman–Crippen MR) is 90.3 cm³/mol. The Kier molecular flexibility index (Phi) is 5.00. The second-order valence-electron chi connectivity index (χ2n) is 5.49. The molecule has 0 aromatic heterocycles. The molecule has 0 aliphatic heterocycles. The first-order valence-electron chi connectivity index (χ1n) is 7.00. The molecule has 0 amide bonds. The molecule has 1 N–H and O–H groups in total. The van der Waals surface area contributed by atoms with Gasteiger partial charge in [-0.2, -0.15) is 0 Å². The van der Waals surface area contributed by atoms with Crippen LogP contribution >= 0.6 is 15.9 Å². The third-order valence-electron chi connectivity index (χ3n) is 3.89. The normalized spacial score (nSPS) is 12.4. The lowest BCUT2D eigenvalue weighted by Gasteiger charge is -2.19. The van der Waals surface area contributed by atoms with Crippen LogP contribution in [0.3, 0.4) is 0 Å². The van der Waals surface area contributed by atoms with Crippen LogP contribution in [-0.4, -0.2) is 7.05 Å². The molecule has 0 saturated carbocycles. The number of hydrogen-bond acceptors (Lipinski definition) is 1. The van der Waals surface area contributed by atoms with Crippen LogP contribution in [0.1, 0.15) is 33.9 Å². The summed E-state index contributed by atoms with van der Waals surface area (Å²) in [6.07, 6.45) is 0.999. The maximum atomic E-state index is 3.69. The summed E-state index contributed by atoms with van der Waals surface area (Å²) in [6.45, 7) is 6.45. The number of benzene rings is 2. The monoisotopic (exact) mass is 331 g/mol. The summed E-state index contributed by atoms with van der Waals surface area (Å²) >= 11 is 3.69. The van der Waals surface area contributed by atoms with Crippen LogP contribution in [0.5, 0.6) is 0 Å². The smallest absolute Gasteiger partial charge is 0.0369 e. The molecular weight excluding hydrogens is 310 g/mol. The number of nitrogens with one attached hydrogen (secondary N) is 1.